The van der Waals surface area contributed by atoms with Gasteiger partial charge in [0.1, 0.15) is 0 Å². The average Bonchev–Trinajstić information content (AvgIpc) is 2.65. The number of benzene rings is 1. The number of rotatable bonds is 4. The van der Waals surface area contributed by atoms with Crippen LogP contribution in [-0.2, 0) is 13.5 Å². The number of nitrogens with zero attached hydrogens (tertiary/aromatic N) is 2. The number of aryl methyl sites for hydroxylation is 2. The maximum Gasteiger partial charge on any atom is 0.0847 e. The Balaban J connectivity index is 2.36. The molecule has 108 valence electrons. The van der Waals surface area contributed by atoms with Gasteiger partial charge in [-0.05, 0) is 37.7 Å². The van der Waals surface area contributed by atoms with Crippen molar-refractivity contribution in [1.29, 1.82) is 0 Å². The summed E-state index contributed by atoms with van der Waals surface area (Å²) in [6.07, 6.45) is 0.687. The standard InChI is InChI=1S/C14H16Cl3N3/c1-8-14(17)13(20(3)19-8)7-12(18-2)10-6-9(15)4-5-11(10)16/h4-6,12,18H,7H2,1-3H3. The highest BCUT2D eigenvalue weighted by Gasteiger charge is 2.19. The van der Waals surface area contributed by atoms with Gasteiger partial charge >= 0.3 is 0 Å². The molecule has 2 rings (SSSR count). The average molecular weight is 333 g/mol. The minimum absolute atomic E-state index is 0.0218. The topological polar surface area (TPSA) is 29.9 Å². The zero-order valence-corrected chi connectivity index (χ0v) is 13.8. The Morgan fingerprint density at radius 3 is 2.55 bits per heavy atom. The Labute approximate surface area is 133 Å². The maximum absolute atomic E-state index is 6.30. The first-order valence-electron chi connectivity index (χ1n) is 6.24. The molecule has 0 bridgehead atoms. The van der Waals surface area contributed by atoms with Gasteiger partial charge in [-0.15, -0.1) is 0 Å². The molecule has 3 nitrogen and oxygen atoms in total. The number of hydrogen-bond acceptors (Lipinski definition) is 2. The van der Waals surface area contributed by atoms with Gasteiger partial charge in [0.25, 0.3) is 0 Å². The molecule has 20 heavy (non-hydrogen) atoms. The molecular weight excluding hydrogens is 317 g/mol. The molecule has 0 saturated carbocycles. The molecule has 1 N–H and O–H groups in total. The first kappa shape index (κ1) is 15.6. The van der Waals surface area contributed by atoms with Gasteiger partial charge in [-0.3, -0.25) is 4.68 Å². The minimum atomic E-state index is 0.0218. The van der Waals surface area contributed by atoms with E-state index in [4.69, 9.17) is 34.8 Å². The molecule has 1 unspecified atom stereocenters. The minimum Gasteiger partial charge on any atom is -0.313 e. The molecule has 1 heterocycles. The van der Waals surface area contributed by atoms with Crippen LogP contribution < -0.4 is 5.32 Å². The molecule has 0 aliphatic carbocycles. The van der Waals surface area contributed by atoms with Crippen molar-refractivity contribution < 1.29 is 0 Å². The van der Waals surface area contributed by atoms with Crippen molar-refractivity contribution in [3.8, 4) is 0 Å². The Morgan fingerprint density at radius 1 is 1.30 bits per heavy atom. The second-order valence-electron chi connectivity index (χ2n) is 4.68. The fourth-order valence-electron chi connectivity index (χ4n) is 2.24. The predicted molar refractivity (Wildman–Crippen MR) is 84.9 cm³/mol. The van der Waals surface area contributed by atoms with Crippen LogP contribution in [0.25, 0.3) is 0 Å². The normalized spacial score (nSPS) is 12.7. The number of aromatic nitrogens is 2. The molecule has 0 saturated heterocycles. The van der Waals surface area contributed by atoms with Crippen LogP contribution in [0.5, 0.6) is 0 Å². The van der Waals surface area contributed by atoms with E-state index in [0.717, 1.165) is 17.0 Å². The first-order chi connectivity index (χ1) is 9.43. The van der Waals surface area contributed by atoms with E-state index in [0.29, 0.717) is 21.5 Å². The van der Waals surface area contributed by atoms with Gasteiger partial charge < -0.3 is 5.32 Å². The summed E-state index contributed by atoms with van der Waals surface area (Å²) < 4.78 is 1.81. The van der Waals surface area contributed by atoms with Gasteiger partial charge in [0.05, 0.1) is 16.4 Å². The molecule has 0 aliphatic rings. The van der Waals surface area contributed by atoms with Crippen LogP contribution >= 0.6 is 34.8 Å². The lowest BCUT2D eigenvalue weighted by Gasteiger charge is -2.18. The number of nitrogens with one attached hydrogen (secondary N) is 1. The summed E-state index contributed by atoms with van der Waals surface area (Å²) in [6, 6.07) is 5.48. The third-order valence-corrected chi connectivity index (χ3v) is 4.41. The molecule has 1 aromatic carbocycles. The maximum atomic E-state index is 6.30. The molecule has 0 spiro atoms. The summed E-state index contributed by atoms with van der Waals surface area (Å²) in [4.78, 5) is 0. The highest BCUT2D eigenvalue weighted by atomic mass is 35.5. The van der Waals surface area contributed by atoms with Crippen molar-refractivity contribution in [2.75, 3.05) is 7.05 Å². The highest BCUT2D eigenvalue weighted by molar-refractivity contribution is 6.33. The van der Waals surface area contributed by atoms with Crippen LogP contribution in [0.1, 0.15) is 23.0 Å². The quantitative estimate of drug-likeness (QED) is 0.909. The summed E-state index contributed by atoms with van der Waals surface area (Å²) in [6.45, 7) is 1.90. The predicted octanol–water partition coefficient (Wildman–Crippen LogP) is 4.19. The second-order valence-corrected chi connectivity index (χ2v) is 5.90. The van der Waals surface area contributed by atoms with Crippen LogP contribution in [-0.4, -0.2) is 16.8 Å². The van der Waals surface area contributed by atoms with Crippen LogP contribution in [0.15, 0.2) is 18.2 Å². The highest BCUT2D eigenvalue weighted by Crippen LogP contribution is 2.30. The molecule has 0 amide bonds. The number of halogens is 3. The summed E-state index contributed by atoms with van der Waals surface area (Å²) in [5, 5.41) is 9.63. The van der Waals surface area contributed by atoms with Gasteiger partial charge in [0.2, 0.25) is 0 Å². The van der Waals surface area contributed by atoms with Crippen molar-refractivity contribution in [1.82, 2.24) is 15.1 Å². The molecule has 0 radical (unpaired) electrons. The van der Waals surface area contributed by atoms with Crippen LogP contribution in [0, 0.1) is 6.92 Å². The van der Waals surface area contributed by atoms with E-state index in [1.54, 1.807) is 16.8 Å². The third kappa shape index (κ3) is 3.12. The Kier molecular flexibility index (Phi) is 4.97. The van der Waals surface area contributed by atoms with Crippen LogP contribution in [0.2, 0.25) is 15.1 Å². The number of likely N-dealkylation sites (N-methyl/N-ethyl adjacent to an activating group) is 1. The van der Waals surface area contributed by atoms with Gasteiger partial charge in [-0.2, -0.15) is 5.10 Å². The van der Waals surface area contributed by atoms with E-state index in [-0.39, 0.29) is 6.04 Å². The van der Waals surface area contributed by atoms with E-state index < -0.39 is 0 Å². The van der Waals surface area contributed by atoms with Gasteiger partial charge in [0.15, 0.2) is 0 Å². The second kappa shape index (κ2) is 6.35. The molecule has 1 atom stereocenters. The fraction of sp³-hybridized carbons (Fsp3) is 0.357. The molecule has 0 aliphatic heterocycles. The third-order valence-electron chi connectivity index (χ3n) is 3.34. The monoisotopic (exact) mass is 331 g/mol. The molecule has 2 aromatic rings. The molecular formula is C14H16Cl3N3. The zero-order chi connectivity index (χ0) is 14.9. The Hall–Kier alpha value is -0.740. The van der Waals surface area contributed by atoms with Crippen LogP contribution in [0.3, 0.4) is 0 Å². The lowest BCUT2D eigenvalue weighted by atomic mass is 10.0. The molecule has 0 fully saturated rings. The van der Waals surface area contributed by atoms with E-state index in [2.05, 4.69) is 10.4 Å². The largest absolute Gasteiger partial charge is 0.313 e. The summed E-state index contributed by atoms with van der Waals surface area (Å²) >= 11 is 18.6. The van der Waals surface area contributed by atoms with E-state index in [9.17, 15) is 0 Å². The Bertz CT molecular complexity index is 622. The summed E-state index contributed by atoms with van der Waals surface area (Å²) in [7, 11) is 3.78. The van der Waals surface area contributed by atoms with Crippen molar-refractivity contribution in [2.45, 2.75) is 19.4 Å². The van der Waals surface area contributed by atoms with Gasteiger partial charge in [-0.1, -0.05) is 34.8 Å². The fourth-order valence-corrected chi connectivity index (χ4v) is 2.91. The van der Waals surface area contributed by atoms with Crippen LogP contribution in [0.4, 0.5) is 0 Å². The lowest BCUT2D eigenvalue weighted by molar-refractivity contribution is 0.561. The first-order valence-corrected chi connectivity index (χ1v) is 7.37. The van der Waals surface area contributed by atoms with Crippen molar-refractivity contribution in [3.05, 3.63) is 50.2 Å². The van der Waals surface area contributed by atoms with Gasteiger partial charge in [-0.25, -0.2) is 0 Å². The number of hydrogen-bond donors (Lipinski definition) is 1. The van der Waals surface area contributed by atoms with Crippen molar-refractivity contribution >= 4 is 34.8 Å². The van der Waals surface area contributed by atoms with E-state index in [1.807, 2.05) is 27.1 Å². The van der Waals surface area contributed by atoms with Crippen molar-refractivity contribution in [3.63, 3.8) is 0 Å². The SMILES string of the molecule is CNC(Cc1c(Cl)c(C)nn1C)c1cc(Cl)ccc1Cl. The van der Waals surface area contributed by atoms with Gasteiger partial charge in [0, 0.05) is 29.6 Å². The molecule has 1 aromatic heterocycles. The summed E-state index contributed by atoms with van der Waals surface area (Å²) in [5.41, 5.74) is 2.76. The molecule has 6 heteroatoms. The summed E-state index contributed by atoms with van der Waals surface area (Å²) in [5.74, 6) is 0. The van der Waals surface area contributed by atoms with Crippen molar-refractivity contribution in [2.24, 2.45) is 7.05 Å². The lowest BCUT2D eigenvalue weighted by Crippen LogP contribution is -2.20. The van der Waals surface area contributed by atoms with E-state index >= 15 is 0 Å². The smallest absolute Gasteiger partial charge is 0.0847 e. The Morgan fingerprint density at radius 2 is 2.00 bits per heavy atom. The zero-order valence-electron chi connectivity index (χ0n) is 11.5. The van der Waals surface area contributed by atoms with E-state index in [1.165, 1.54) is 0 Å².